The molecule has 3 aromatic rings. The van der Waals surface area contributed by atoms with E-state index < -0.39 is 23.5 Å². The molecule has 26 heavy (non-hydrogen) atoms. The van der Waals surface area contributed by atoms with Gasteiger partial charge in [0.15, 0.2) is 0 Å². The van der Waals surface area contributed by atoms with Crippen molar-refractivity contribution in [1.29, 1.82) is 0 Å². The van der Waals surface area contributed by atoms with Crippen molar-refractivity contribution in [2.45, 2.75) is 6.92 Å². The highest BCUT2D eigenvalue weighted by atomic mass is 32.1. The summed E-state index contributed by atoms with van der Waals surface area (Å²) in [5.41, 5.74) is 0.692. The van der Waals surface area contributed by atoms with Crippen molar-refractivity contribution in [3.63, 3.8) is 0 Å². The predicted octanol–water partition coefficient (Wildman–Crippen LogP) is 5.18. The molecule has 0 saturated carbocycles. The number of halogens is 2. The van der Waals surface area contributed by atoms with Gasteiger partial charge in [-0.1, -0.05) is 6.07 Å². The lowest BCUT2D eigenvalue weighted by atomic mass is 10.1. The van der Waals surface area contributed by atoms with E-state index in [1.54, 1.807) is 12.3 Å². The average Bonchev–Trinajstić information content (AvgIpc) is 3.23. The lowest BCUT2D eigenvalue weighted by Gasteiger charge is -2.08. The first-order chi connectivity index (χ1) is 12.5. The maximum Gasteiger partial charge on any atom is 0.341 e. The third-order valence-corrected chi connectivity index (χ3v) is 5.21. The molecule has 0 radical (unpaired) electrons. The molecule has 0 unspecified atom stereocenters. The van der Waals surface area contributed by atoms with Crippen LogP contribution >= 0.6 is 22.7 Å². The summed E-state index contributed by atoms with van der Waals surface area (Å²) in [6.45, 7) is 1.86. The van der Waals surface area contributed by atoms with Crippen LogP contribution in [0.4, 0.5) is 13.8 Å². The number of esters is 1. The number of anilines is 1. The summed E-state index contributed by atoms with van der Waals surface area (Å²) < 4.78 is 31.8. The Kier molecular flexibility index (Phi) is 5.43. The highest BCUT2D eigenvalue weighted by Gasteiger charge is 2.23. The third-order valence-electron chi connectivity index (χ3n) is 3.41. The van der Waals surface area contributed by atoms with Crippen LogP contribution in [0.3, 0.4) is 0 Å². The molecule has 4 nitrogen and oxygen atoms in total. The van der Waals surface area contributed by atoms with E-state index in [0.717, 1.165) is 28.3 Å². The second-order valence-corrected chi connectivity index (χ2v) is 6.99. The number of benzene rings is 1. The van der Waals surface area contributed by atoms with Gasteiger partial charge in [-0.15, -0.1) is 22.7 Å². The van der Waals surface area contributed by atoms with E-state index in [-0.39, 0.29) is 22.7 Å². The Morgan fingerprint density at radius 3 is 2.50 bits per heavy atom. The number of nitrogens with one attached hydrogen (secondary N) is 1. The number of hydrogen-bond donors (Lipinski definition) is 1. The van der Waals surface area contributed by atoms with Crippen LogP contribution in [0.5, 0.6) is 0 Å². The highest BCUT2D eigenvalue weighted by Crippen LogP contribution is 2.38. The fourth-order valence-electron chi connectivity index (χ4n) is 2.33. The SMILES string of the molecule is CCOC(=O)c1c(-c2cccs2)csc1NC(=O)c1cc(F)cc(F)c1. The lowest BCUT2D eigenvalue weighted by Crippen LogP contribution is -2.15. The monoisotopic (exact) mass is 393 g/mol. The average molecular weight is 393 g/mol. The van der Waals surface area contributed by atoms with Gasteiger partial charge in [-0.3, -0.25) is 4.79 Å². The summed E-state index contributed by atoms with van der Waals surface area (Å²) in [4.78, 5) is 25.6. The minimum Gasteiger partial charge on any atom is -0.462 e. The van der Waals surface area contributed by atoms with Gasteiger partial charge in [-0.25, -0.2) is 13.6 Å². The van der Waals surface area contributed by atoms with Gasteiger partial charge in [-0.05, 0) is 30.5 Å². The molecule has 2 aromatic heterocycles. The summed E-state index contributed by atoms with van der Waals surface area (Å²) in [6.07, 6.45) is 0. The molecule has 0 bridgehead atoms. The quantitative estimate of drug-likeness (QED) is 0.608. The molecule has 0 aliphatic heterocycles. The molecule has 1 aromatic carbocycles. The van der Waals surface area contributed by atoms with Gasteiger partial charge in [0.1, 0.15) is 22.2 Å². The Bertz CT molecular complexity index is 931. The Labute approximate surface area is 156 Å². The summed E-state index contributed by atoms with van der Waals surface area (Å²) in [7, 11) is 0. The fourth-order valence-corrected chi connectivity index (χ4v) is 4.10. The van der Waals surface area contributed by atoms with Crippen LogP contribution in [0.2, 0.25) is 0 Å². The van der Waals surface area contributed by atoms with E-state index in [4.69, 9.17) is 4.74 Å². The maximum absolute atomic E-state index is 13.3. The first kappa shape index (κ1) is 18.2. The van der Waals surface area contributed by atoms with Crippen LogP contribution in [0, 0.1) is 11.6 Å². The molecule has 0 aliphatic carbocycles. The van der Waals surface area contributed by atoms with Crippen LogP contribution < -0.4 is 5.32 Å². The van der Waals surface area contributed by atoms with E-state index in [9.17, 15) is 18.4 Å². The molecule has 134 valence electrons. The second kappa shape index (κ2) is 7.76. The standard InChI is InChI=1S/C18H13F2NO3S2/c1-2-24-18(23)15-13(14-4-3-5-25-14)9-26-17(15)21-16(22)10-6-11(19)8-12(20)7-10/h3-9H,2H2,1H3,(H,21,22). The Morgan fingerprint density at radius 2 is 1.88 bits per heavy atom. The smallest absolute Gasteiger partial charge is 0.341 e. The van der Waals surface area contributed by atoms with Crippen LogP contribution in [0.15, 0.2) is 41.1 Å². The predicted molar refractivity (Wildman–Crippen MR) is 97.9 cm³/mol. The van der Waals surface area contributed by atoms with E-state index >= 15 is 0 Å². The number of rotatable bonds is 5. The van der Waals surface area contributed by atoms with Crippen LogP contribution in [-0.2, 0) is 4.74 Å². The van der Waals surface area contributed by atoms with E-state index in [1.165, 1.54) is 11.3 Å². The zero-order chi connectivity index (χ0) is 18.7. The van der Waals surface area contributed by atoms with Crippen molar-refractivity contribution in [1.82, 2.24) is 0 Å². The number of amides is 1. The van der Waals surface area contributed by atoms with Gasteiger partial charge >= 0.3 is 5.97 Å². The van der Waals surface area contributed by atoms with E-state index in [1.807, 2.05) is 17.5 Å². The van der Waals surface area contributed by atoms with Crippen molar-refractivity contribution in [3.8, 4) is 10.4 Å². The summed E-state index contributed by atoms with van der Waals surface area (Å²) in [6, 6.07) is 6.23. The molecule has 1 N–H and O–H groups in total. The van der Waals surface area contributed by atoms with Crippen molar-refractivity contribution in [2.75, 3.05) is 11.9 Å². The number of carbonyl (C=O) groups excluding carboxylic acids is 2. The molecular formula is C18H13F2NO3S2. The topological polar surface area (TPSA) is 55.4 Å². The van der Waals surface area contributed by atoms with Crippen LogP contribution in [0.1, 0.15) is 27.6 Å². The Hall–Kier alpha value is -2.58. The molecule has 8 heteroatoms. The van der Waals surface area contributed by atoms with Crippen LogP contribution in [-0.4, -0.2) is 18.5 Å². The van der Waals surface area contributed by atoms with Crippen molar-refractivity contribution in [3.05, 3.63) is 63.9 Å². The van der Waals surface area contributed by atoms with Gasteiger partial charge in [0, 0.05) is 27.5 Å². The summed E-state index contributed by atoms with van der Waals surface area (Å²) in [5, 5.41) is 6.42. The van der Waals surface area contributed by atoms with E-state index in [2.05, 4.69) is 5.32 Å². The first-order valence-electron chi connectivity index (χ1n) is 7.59. The van der Waals surface area contributed by atoms with Gasteiger partial charge < -0.3 is 10.1 Å². The molecule has 0 spiro atoms. The second-order valence-electron chi connectivity index (χ2n) is 5.16. The largest absolute Gasteiger partial charge is 0.462 e. The van der Waals surface area contributed by atoms with Gasteiger partial charge in [0.05, 0.1) is 6.61 Å². The minimum atomic E-state index is -0.855. The molecule has 1 amide bonds. The summed E-state index contributed by atoms with van der Waals surface area (Å²) in [5.74, 6) is -3.00. The first-order valence-corrected chi connectivity index (χ1v) is 9.35. The Morgan fingerprint density at radius 1 is 1.15 bits per heavy atom. The lowest BCUT2D eigenvalue weighted by molar-refractivity contribution is 0.0529. The third kappa shape index (κ3) is 3.81. The maximum atomic E-state index is 13.3. The molecule has 2 heterocycles. The van der Waals surface area contributed by atoms with Crippen molar-refractivity contribution in [2.24, 2.45) is 0 Å². The van der Waals surface area contributed by atoms with Gasteiger partial charge in [0.25, 0.3) is 5.91 Å². The number of carbonyl (C=O) groups is 2. The number of ether oxygens (including phenoxy) is 1. The van der Waals surface area contributed by atoms with Gasteiger partial charge in [0.2, 0.25) is 0 Å². The van der Waals surface area contributed by atoms with Crippen molar-refractivity contribution >= 4 is 39.6 Å². The minimum absolute atomic E-state index is 0.177. The normalized spacial score (nSPS) is 10.6. The molecular weight excluding hydrogens is 380 g/mol. The fraction of sp³-hybridized carbons (Fsp3) is 0.111. The zero-order valence-corrected chi connectivity index (χ0v) is 15.2. The molecule has 0 fully saturated rings. The highest BCUT2D eigenvalue weighted by molar-refractivity contribution is 7.17. The molecule has 3 rings (SSSR count). The zero-order valence-electron chi connectivity index (χ0n) is 13.5. The number of hydrogen-bond acceptors (Lipinski definition) is 5. The molecule has 0 saturated heterocycles. The van der Waals surface area contributed by atoms with Crippen LogP contribution in [0.25, 0.3) is 10.4 Å². The number of thiophene rings is 2. The summed E-state index contributed by atoms with van der Waals surface area (Å²) >= 11 is 2.59. The van der Waals surface area contributed by atoms with E-state index in [0.29, 0.717) is 11.6 Å². The Balaban J connectivity index is 1.97. The van der Waals surface area contributed by atoms with Crippen molar-refractivity contribution < 1.29 is 23.1 Å². The van der Waals surface area contributed by atoms with Gasteiger partial charge in [-0.2, -0.15) is 0 Å². The molecule has 0 atom stereocenters. The molecule has 0 aliphatic rings.